The average Bonchev–Trinajstić information content (AvgIpc) is 2.52. The van der Waals surface area contributed by atoms with Crippen LogP contribution in [0.25, 0.3) is 0 Å². The molecule has 14 heavy (non-hydrogen) atoms. The van der Waals surface area contributed by atoms with Gasteiger partial charge < -0.3 is 10.5 Å². The third kappa shape index (κ3) is 3.25. The number of aromatic nitrogens is 1. The highest BCUT2D eigenvalue weighted by molar-refractivity contribution is 7.15. The van der Waals surface area contributed by atoms with E-state index in [1.54, 1.807) is 6.92 Å². The maximum Gasteiger partial charge on any atom is 0.307 e. The largest absolute Gasteiger partial charge is 0.466 e. The fourth-order valence-electron chi connectivity index (χ4n) is 0.925. The monoisotopic (exact) mass is 234 g/mol. The van der Waals surface area contributed by atoms with Crippen molar-refractivity contribution in [1.82, 2.24) is 4.98 Å². The van der Waals surface area contributed by atoms with E-state index in [1.807, 2.05) is 0 Å². The van der Waals surface area contributed by atoms with Crippen molar-refractivity contribution >= 4 is 28.9 Å². The smallest absolute Gasteiger partial charge is 0.307 e. The van der Waals surface area contributed by atoms with Crippen molar-refractivity contribution in [1.29, 1.82) is 0 Å². The lowest BCUT2D eigenvalue weighted by Gasteiger charge is -2.06. The molecule has 0 aliphatic heterocycles. The number of nitrogens with two attached hydrogens (primary N) is 1. The third-order valence-corrected chi connectivity index (χ3v) is 2.75. The van der Waals surface area contributed by atoms with Crippen LogP contribution in [0.1, 0.15) is 24.4 Å². The summed E-state index contributed by atoms with van der Waals surface area (Å²) in [6.45, 7) is 2.12. The maximum absolute atomic E-state index is 11.1. The fourth-order valence-corrected chi connectivity index (χ4v) is 1.86. The molecule has 1 atom stereocenters. The number of hydrogen-bond donors (Lipinski definition) is 1. The molecule has 0 aliphatic carbocycles. The van der Waals surface area contributed by atoms with Crippen LogP contribution in [-0.2, 0) is 9.53 Å². The summed E-state index contributed by atoms with van der Waals surface area (Å²) in [5, 5.41) is 0.656. The summed E-state index contributed by atoms with van der Waals surface area (Å²) in [4.78, 5) is 15.1. The second-order valence-electron chi connectivity index (χ2n) is 2.62. The van der Waals surface area contributed by atoms with Crippen LogP contribution in [0.4, 0.5) is 0 Å². The van der Waals surface area contributed by atoms with Crippen molar-refractivity contribution in [3.05, 3.63) is 15.5 Å². The van der Waals surface area contributed by atoms with Crippen molar-refractivity contribution in [3.8, 4) is 0 Å². The van der Waals surface area contributed by atoms with Crippen molar-refractivity contribution in [2.24, 2.45) is 5.73 Å². The van der Waals surface area contributed by atoms with E-state index in [2.05, 4.69) is 4.98 Å². The van der Waals surface area contributed by atoms with E-state index in [0.717, 1.165) is 0 Å². The van der Waals surface area contributed by atoms with Gasteiger partial charge in [0.15, 0.2) is 0 Å². The van der Waals surface area contributed by atoms with Gasteiger partial charge in [0, 0.05) is 0 Å². The molecule has 0 saturated carbocycles. The molecule has 0 radical (unpaired) electrons. The van der Waals surface area contributed by atoms with E-state index in [1.165, 1.54) is 17.5 Å². The standard InChI is InChI=1S/C8H11ClN2O2S/c1-2-13-7(12)3-5(10)8-11-4-6(9)14-8/h4-5H,2-3,10H2,1H3/t5-/m1/s1. The van der Waals surface area contributed by atoms with Crippen LogP contribution in [0.3, 0.4) is 0 Å². The molecule has 0 unspecified atom stereocenters. The predicted octanol–water partition coefficient (Wildman–Crippen LogP) is 1.75. The Labute approximate surface area is 91.0 Å². The highest BCUT2D eigenvalue weighted by Crippen LogP contribution is 2.24. The van der Waals surface area contributed by atoms with E-state index in [-0.39, 0.29) is 12.4 Å². The topological polar surface area (TPSA) is 65.2 Å². The summed E-state index contributed by atoms with van der Waals surface area (Å²) in [5.41, 5.74) is 5.73. The SMILES string of the molecule is CCOC(=O)C[C@@H](N)c1ncc(Cl)s1. The minimum Gasteiger partial charge on any atom is -0.466 e. The van der Waals surface area contributed by atoms with Crippen molar-refractivity contribution in [3.63, 3.8) is 0 Å². The van der Waals surface area contributed by atoms with Gasteiger partial charge in [-0.25, -0.2) is 4.98 Å². The van der Waals surface area contributed by atoms with Crippen LogP contribution in [0.2, 0.25) is 4.34 Å². The Morgan fingerprint density at radius 1 is 1.86 bits per heavy atom. The summed E-state index contributed by atoms with van der Waals surface area (Å²) >= 11 is 6.96. The minimum atomic E-state index is -0.424. The van der Waals surface area contributed by atoms with Crippen LogP contribution in [-0.4, -0.2) is 17.6 Å². The lowest BCUT2D eigenvalue weighted by Crippen LogP contribution is -2.16. The zero-order valence-corrected chi connectivity index (χ0v) is 9.27. The number of hydrogen-bond acceptors (Lipinski definition) is 5. The predicted molar refractivity (Wildman–Crippen MR) is 55.3 cm³/mol. The quantitative estimate of drug-likeness (QED) is 0.807. The molecule has 2 N–H and O–H groups in total. The first-order valence-electron chi connectivity index (χ1n) is 4.16. The molecule has 0 saturated heterocycles. The van der Waals surface area contributed by atoms with Crippen molar-refractivity contribution in [2.45, 2.75) is 19.4 Å². The van der Waals surface area contributed by atoms with E-state index in [0.29, 0.717) is 16.0 Å². The number of nitrogens with zero attached hydrogens (tertiary/aromatic N) is 1. The summed E-state index contributed by atoms with van der Waals surface area (Å²) in [6.07, 6.45) is 1.66. The van der Waals surface area contributed by atoms with Crippen LogP contribution in [0, 0.1) is 0 Å². The second-order valence-corrected chi connectivity index (χ2v) is 4.31. The average molecular weight is 235 g/mol. The summed E-state index contributed by atoms with van der Waals surface area (Å²) in [7, 11) is 0. The first-order chi connectivity index (χ1) is 6.63. The highest BCUT2D eigenvalue weighted by atomic mass is 35.5. The van der Waals surface area contributed by atoms with Gasteiger partial charge in [-0.2, -0.15) is 0 Å². The van der Waals surface area contributed by atoms with Crippen LogP contribution in [0.5, 0.6) is 0 Å². The molecule has 0 bridgehead atoms. The Morgan fingerprint density at radius 2 is 2.57 bits per heavy atom. The van der Waals surface area contributed by atoms with E-state index < -0.39 is 6.04 Å². The highest BCUT2D eigenvalue weighted by Gasteiger charge is 2.15. The molecule has 1 aromatic heterocycles. The molecule has 4 nitrogen and oxygen atoms in total. The molecular weight excluding hydrogens is 224 g/mol. The number of thiazole rings is 1. The maximum atomic E-state index is 11.1. The molecule has 0 spiro atoms. The third-order valence-electron chi connectivity index (χ3n) is 1.50. The van der Waals surface area contributed by atoms with Gasteiger partial charge in [0.1, 0.15) is 9.34 Å². The second kappa shape index (κ2) is 5.29. The summed E-state index contributed by atoms with van der Waals surface area (Å²) in [6, 6.07) is -0.424. The first-order valence-corrected chi connectivity index (χ1v) is 5.35. The number of carbonyl (C=O) groups is 1. The van der Waals surface area contributed by atoms with E-state index >= 15 is 0 Å². The van der Waals surface area contributed by atoms with Gasteiger partial charge in [-0.05, 0) is 6.92 Å². The molecule has 0 aliphatic rings. The molecule has 6 heteroatoms. The van der Waals surface area contributed by atoms with Crippen molar-refractivity contribution < 1.29 is 9.53 Å². The van der Waals surface area contributed by atoms with Crippen molar-refractivity contribution in [2.75, 3.05) is 6.61 Å². The number of rotatable bonds is 4. The minimum absolute atomic E-state index is 0.137. The molecular formula is C8H11ClN2O2S. The molecule has 1 aromatic rings. The van der Waals surface area contributed by atoms with Crippen LogP contribution >= 0.6 is 22.9 Å². The first kappa shape index (κ1) is 11.4. The zero-order valence-electron chi connectivity index (χ0n) is 7.70. The number of carbonyl (C=O) groups excluding carboxylic acids is 1. The Bertz CT molecular complexity index is 316. The van der Waals surface area contributed by atoms with E-state index in [4.69, 9.17) is 22.1 Å². The Morgan fingerprint density at radius 3 is 3.07 bits per heavy atom. The number of halogens is 1. The Kier molecular flexibility index (Phi) is 4.31. The Hall–Kier alpha value is -0.650. The fraction of sp³-hybridized carbons (Fsp3) is 0.500. The van der Waals surface area contributed by atoms with Gasteiger partial charge >= 0.3 is 5.97 Å². The van der Waals surface area contributed by atoms with Gasteiger partial charge in [0.05, 0.1) is 25.3 Å². The van der Waals surface area contributed by atoms with Gasteiger partial charge in [0.25, 0.3) is 0 Å². The van der Waals surface area contributed by atoms with Gasteiger partial charge in [0.2, 0.25) is 0 Å². The van der Waals surface area contributed by atoms with Gasteiger partial charge in [-0.3, -0.25) is 4.79 Å². The molecule has 78 valence electrons. The summed E-state index contributed by atoms with van der Waals surface area (Å²) < 4.78 is 5.33. The van der Waals surface area contributed by atoms with Crippen LogP contribution < -0.4 is 5.73 Å². The van der Waals surface area contributed by atoms with Crippen LogP contribution in [0.15, 0.2) is 6.20 Å². The number of esters is 1. The molecule has 0 fully saturated rings. The Balaban J connectivity index is 2.50. The molecule has 0 aromatic carbocycles. The lowest BCUT2D eigenvalue weighted by atomic mass is 10.2. The number of ether oxygens (including phenoxy) is 1. The zero-order chi connectivity index (χ0) is 10.6. The van der Waals surface area contributed by atoms with E-state index in [9.17, 15) is 4.79 Å². The van der Waals surface area contributed by atoms with Gasteiger partial charge in [-0.15, -0.1) is 11.3 Å². The normalized spacial score (nSPS) is 12.5. The summed E-state index contributed by atoms with van der Waals surface area (Å²) in [5.74, 6) is -0.314. The molecule has 1 rings (SSSR count). The molecule has 1 heterocycles. The lowest BCUT2D eigenvalue weighted by molar-refractivity contribution is -0.143. The molecule has 0 amide bonds. The van der Waals surface area contributed by atoms with Gasteiger partial charge in [-0.1, -0.05) is 11.6 Å².